The summed E-state index contributed by atoms with van der Waals surface area (Å²) in [6.45, 7) is 3.54. The van der Waals surface area contributed by atoms with Crippen LogP contribution in [0.1, 0.15) is 36.5 Å². The number of pyridine rings is 1. The molecule has 1 aromatic carbocycles. The first kappa shape index (κ1) is 19.7. The number of benzene rings is 1. The molecule has 1 saturated heterocycles. The normalized spacial score (nSPS) is 19.7. The highest BCUT2D eigenvalue weighted by Gasteiger charge is 2.24. The van der Waals surface area contributed by atoms with Gasteiger partial charge in [-0.25, -0.2) is 4.98 Å². The van der Waals surface area contributed by atoms with E-state index in [0.717, 1.165) is 38.0 Å². The summed E-state index contributed by atoms with van der Waals surface area (Å²) >= 11 is 0. The van der Waals surface area contributed by atoms with E-state index in [-0.39, 0.29) is 12.0 Å². The van der Waals surface area contributed by atoms with E-state index >= 15 is 0 Å². The fourth-order valence-electron chi connectivity index (χ4n) is 3.95. The van der Waals surface area contributed by atoms with Crippen molar-refractivity contribution in [3.05, 3.63) is 53.7 Å². The van der Waals surface area contributed by atoms with Gasteiger partial charge in [-0.1, -0.05) is 24.3 Å². The molecule has 2 aliphatic rings. The first-order chi connectivity index (χ1) is 14.1. The van der Waals surface area contributed by atoms with Crippen molar-refractivity contribution in [1.82, 2.24) is 14.8 Å². The van der Waals surface area contributed by atoms with Crippen LogP contribution in [-0.4, -0.2) is 54.5 Å². The van der Waals surface area contributed by atoms with Crippen LogP contribution in [0, 0.1) is 5.92 Å². The standard InChI is InChI=1S/C23H29N3O3/c1-25(2)22(27)14-17-9-12-26(13-10-17)15-18-5-7-19(8-6-18)21-16-28-20-4-3-11-24-23(20)29-21/h3-8,11,17,21H,9-10,12-16H2,1-2H3/t21-/m1/s1. The number of piperidine rings is 1. The number of rotatable bonds is 5. The van der Waals surface area contributed by atoms with Crippen molar-refractivity contribution in [3.8, 4) is 11.6 Å². The van der Waals surface area contributed by atoms with Crippen LogP contribution in [0.3, 0.4) is 0 Å². The van der Waals surface area contributed by atoms with Gasteiger partial charge in [-0.3, -0.25) is 9.69 Å². The van der Waals surface area contributed by atoms with Crippen LogP contribution in [0.15, 0.2) is 42.6 Å². The lowest BCUT2D eigenvalue weighted by Crippen LogP contribution is -2.35. The van der Waals surface area contributed by atoms with Gasteiger partial charge < -0.3 is 14.4 Å². The molecule has 0 unspecified atom stereocenters. The number of ether oxygens (including phenoxy) is 2. The first-order valence-electron chi connectivity index (χ1n) is 10.3. The van der Waals surface area contributed by atoms with Gasteiger partial charge in [0, 0.05) is 33.3 Å². The summed E-state index contributed by atoms with van der Waals surface area (Å²) in [6.07, 6.45) is 4.45. The molecule has 3 heterocycles. The van der Waals surface area contributed by atoms with E-state index in [1.165, 1.54) is 5.56 Å². The zero-order valence-corrected chi connectivity index (χ0v) is 17.2. The molecule has 0 spiro atoms. The summed E-state index contributed by atoms with van der Waals surface area (Å²) in [5.41, 5.74) is 2.40. The number of fused-ring (bicyclic) bond motifs is 1. The quantitative estimate of drug-likeness (QED) is 0.778. The van der Waals surface area contributed by atoms with Crippen LogP contribution in [0.2, 0.25) is 0 Å². The van der Waals surface area contributed by atoms with Crippen LogP contribution in [-0.2, 0) is 11.3 Å². The summed E-state index contributed by atoms with van der Waals surface area (Å²) < 4.78 is 11.8. The molecule has 0 aliphatic carbocycles. The molecule has 1 fully saturated rings. The van der Waals surface area contributed by atoms with Crippen LogP contribution < -0.4 is 9.47 Å². The van der Waals surface area contributed by atoms with Crippen molar-refractivity contribution in [1.29, 1.82) is 0 Å². The Morgan fingerprint density at radius 2 is 1.93 bits per heavy atom. The van der Waals surface area contributed by atoms with Crippen molar-refractivity contribution in [2.45, 2.75) is 31.9 Å². The molecule has 0 radical (unpaired) electrons. The molecular formula is C23H29N3O3. The summed E-state index contributed by atoms with van der Waals surface area (Å²) in [4.78, 5) is 20.3. The molecule has 154 valence electrons. The zero-order valence-electron chi connectivity index (χ0n) is 17.2. The molecule has 1 atom stereocenters. The molecule has 6 heteroatoms. The summed E-state index contributed by atoms with van der Waals surface area (Å²) in [5.74, 6) is 2.02. The highest BCUT2D eigenvalue weighted by Crippen LogP contribution is 2.34. The van der Waals surface area contributed by atoms with Crippen molar-refractivity contribution in [3.63, 3.8) is 0 Å². The summed E-state index contributed by atoms with van der Waals surface area (Å²) in [5, 5.41) is 0. The third-order valence-electron chi connectivity index (χ3n) is 5.81. The fraction of sp³-hybridized carbons (Fsp3) is 0.478. The molecule has 6 nitrogen and oxygen atoms in total. The Labute approximate surface area is 172 Å². The van der Waals surface area contributed by atoms with Crippen LogP contribution in [0.4, 0.5) is 0 Å². The Bertz CT molecular complexity index is 830. The van der Waals surface area contributed by atoms with Crippen LogP contribution >= 0.6 is 0 Å². The van der Waals surface area contributed by atoms with Crippen LogP contribution in [0.5, 0.6) is 11.6 Å². The van der Waals surface area contributed by atoms with Gasteiger partial charge >= 0.3 is 0 Å². The second-order valence-corrected chi connectivity index (χ2v) is 8.18. The van der Waals surface area contributed by atoms with E-state index in [1.807, 2.05) is 26.2 Å². The SMILES string of the molecule is CN(C)C(=O)CC1CCN(Cc2ccc([C@H]3COc4cccnc4O3)cc2)CC1. The Morgan fingerprint density at radius 3 is 2.66 bits per heavy atom. The van der Waals surface area contributed by atoms with E-state index < -0.39 is 0 Å². The van der Waals surface area contributed by atoms with Crippen LogP contribution in [0.25, 0.3) is 0 Å². The molecule has 4 rings (SSSR count). The lowest BCUT2D eigenvalue weighted by Gasteiger charge is -2.32. The maximum absolute atomic E-state index is 11.9. The number of hydrogen-bond donors (Lipinski definition) is 0. The number of carbonyl (C=O) groups is 1. The molecule has 0 bridgehead atoms. The Balaban J connectivity index is 1.28. The first-order valence-corrected chi connectivity index (χ1v) is 10.3. The third-order valence-corrected chi connectivity index (χ3v) is 5.81. The van der Waals surface area contributed by atoms with E-state index in [4.69, 9.17) is 9.47 Å². The van der Waals surface area contributed by atoms with Gasteiger partial charge in [-0.2, -0.15) is 0 Å². The van der Waals surface area contributed by atoms with E-state index in [9.17, 15) is 4.79 Å². The lowest BCUT2D eigenvalue weighted by molar-refractivity contribution is -0.130. The topological polar surface area (TPSA) is 54.9 Å². The molecule has 0 saturated carbocycles. The predicted molar refractivity (Wildman–Crippen MR) is 111 cm³/mol. The fourth-order valence-corrected chi connectivity index (χ4v) is 3.95. The maximum Gasteiger partial charge on any atom is 0.257 e. The molecule has 1 amide bonds. The largest absolute Gasteiger partial charge is 0.484 e. The minimum atomic E-state index is -0.128. The van der Waals surface area contributed by atoms with Crippen molar-refractivity contribution < 1.29 is 14.3 Å². The van der Waals surface area contributed by atoms with Gasteiger partial charge in [0.05, 0.1) is 0 Å². The van der Waals surface area contributed by atoms with E-state index in [1.54, 1.807) is 11.1 Å². The monoisotopic (exact) mass is 395 g/mol. The predicted octanol–water partition coefficient (Wildman–Crippen LogP) is 3.28. The molecular weight excluding hydrogens is 366 g/mol. The highest BCUT2D eigenvalue weighted by molar-refractivity contribution is 5.75. The Morgan fingerprint density at radius 1 is 1.17 bits per heavy atom. The minimum Gasteiger partial charge on any atom is -0.484 e. The van der Waals surface area contributed by atoms with Gasteiger partial charge in [-0.05, 0) is 55.1 Å². The van der Waals surface area contributed by atoms with Gasteiger partial charge in [0.15, 0.2) is 11.9 Å². The number of hydrogen-bond acceptors (Lipinski definition) is 5. The highest BCUT2D eigenvalue weighted by atomic mass is 16.6. The van der Waals surface area contributed by atoms with E-state index in [2.05, 4.69) is 34.1 Å². The Hall–Kier alpha value is -2.60. The minimum absolute atomic E-state index is 0.128. The zero-order chi connectivity index (χ0) is 20.2. The van der Waals surface area contributed by atoms with Gasteiger partial charge in [0.25, 0.3) is 5.88 Å². The van der Waals surface area contributed by atoms with Crippen molar-refractivity contribution in [2.75, 3.05) is 33.8 Å². The third kappa shape index (κ3) is 4.88. The second kappa shape index (κ2) is 8.82. The second-order valence-electron chi connectivity index (χ2n) is 8.18. The molecule has 2 aromatic rings. The van der Waals surface area contributed by atoms with Gasteiger partial charge in [0.2, 0.25) is 5.91 Å². The number of carbonyl (C=O) groups excluding carboxylic acids is 1. The molecule has 2 aliphatic heterocycles. The molecule has 0 N–H and O–H groups in total. The van der Waals surface area contributed by atoms with Gasteiger partial charge in [0.1, 0.15) is 6.61 Å². The van der Waals surface area contributed by atoms with E-state index in [0.29, 0.717) is 30.6 Å². The number of likely N-dealkylation sites (tertiary alicyclic amines) is 1. The average molecular weight is 396 g/mol. The number of nitrogens with zero attached hydrogens (tertiary/aromatic N) is 3. The Kier molecular flexibility index (Phi) is 6.00. The van der Waals surface area contributed by atoms with Crippen molar-refractivity contribution in [2.24, 2.45) is 5.92 Å². The summed E-state index contributed by atoms with van der Waals surface area (Å²) in [6, 6.07) is 12.3. The maximum atomic E-state index is 11.9. The smallest absolute Gasteiger partial charge is 0.257 e. The summed E-state index contributed by atoms with van der Waals surface area (Å²) in [7, 11) is 3.67. The average Bonchev–Trinajstić information content (AvgIpc) is 2.75. The molecule has 29 heavy (non-hydrogen) atoms. The lowest BCUT2D eigenvalue weighted by atomic mass is 9.92. The number of amides is 1. The van der Waals surface area contributed by atoms with Crippen molar-refractivity contribution >= 4 is 5.91 Å². The van der Waals surface area contributed by atoms with Gasteiger partial charge in [-0.15, -0.1) is 0 Å². The number of aromatic nitrogens is 1. The molecule has 1 aromatic heterocycles.